The van der Waals surface area contributed by atoms with Gasteiger partial charge in [0.15, 0.2) is 11.0 Å². The molecule has 122 valence electrons. The fraction of sp³-hybridized carbons (Fsp3) is 0.267. The van der Waals surface area contributed by atoms with Crippen molar-refractivity contribution in [1.29, 1.82) is 0 Å². The van der Waals surface area contributed by atoms with Crippen LogP contribution in [-0.4, -0.2) is 45.8 Å². The molecular weight excluding hydrogens is 318 g/mol. The van der Waals surface area contributed by atoms with Crippen LogP contribution in [0.1, 0.15) is 0 Å². The van der Waals surface area contributed by atoms with Gasteiger partial charge in [0.1, 0.15) is 11.5 Å². The number of allylic oxidation sites excluding steroid dienone is 1. The number of aromatic nitrogens is 3. The first-order valence-electron chi connectivity index (χ1n) is 6.71. The van der Waals surface area contributed by atoms with E-state index < -0.39 is 5.97 Å². The summed E-state index contributed by atoms with van der Waals surface area (Å²) in [6, 6.07) is 5.40. The molecule has 0 amide bonds. The van der Waals surface area contributed by atoms with Gasteiger partial charge < -0.3 is 14.6 Å². The second kappa shape index (κ2) is 7.68. The van der Waals surface area contributed by atoms with Crippen molar-refractivity contribution >= 4 is 17.7 Å². The van der Waals surface area contributed by atoms with Crippen LogP contribution >= 0.6 is 11.8 Å². The third kappa shape index (κ3) is 4.04. The van der Waals surface area contributed by atoms with Crippen LogP contribution in [-0.2, 0) is 11.3 Å². The largest absolute Gasteiger partial charge is 0.497 e. The number of thioether (sulfide) groups is 1. The Morgan fingerprint density at radius 2 is 1.96 bits per heavy atom. The molecule has 2 rings (SSSR count). The zero-order valence-corrected chi connectivity index (χ0v) is 13.7. The molecule has 1 aromatic carbocycles. The first-order chi connectivity index (χ1) is 11.1. The second-order valence-electron chi connectivity index (χ2n) is 4.49. The summed E-state index contributed by atoms with van der Waals surface area (Å²) in [5.74, 6) is 0.860. The molecule has 0 saturated carbocycles. The maximum atomic E-state index is 10.8. The summed E-state index contributed by atoms with van der Waals surface area (Å²) in [5.41, 5.74) is 0.762. The number of aliphatic carboxylic acids is 1. The van der Waals surface area contributed by atoms with Gasteiger partial charge in [0, 0.05) is 18.2 Å². The highest BCUT2D eigenvalue weighted by molar-refractivity contribution is 7.99. The Kier molecular flexibility index (Phi) is 5.64. The zero-order chi connectivity index (χ0) is 16.8. The summed E-state index contributed by atoms with van der Waals surface area (Å²) in [7, 11) is 3.14. The van der Waals surface area contributed by atoms with E-state index in [1.54, 1.807) is 30.9 Å². The Balaban J connectivity index is 2.45. The molecular formula is C15H17N3O4S. The highest BCUT2D eigenvalue weighted by Crippen LogP contribution is 2.30. The van der Waals surface area contributed by atoms with Crippen LogP contribution in [0.4, 0.5) is 0 Å². The lowest BCUT2D eigenvalue weighted by Gasteiger charge is -2.10. The Labute approximate surface area is 137 Å². The summed E-state index contributed by atoms with van der Waals surface area (Å²) >= 11 is 1.11. The van der Waals surface area contributed by atoms with Gasteiger partial charge in [-0.1, -0.05) is 17.8 Å². The molecule has 1 aromatic heterocycles. The van der Waals surface area contributed by atoms with E-state index in [2.05, 4.69) is 16.8 Å². The predicted molar refractivity (Wildman–Crippen MR) is 87.1 cm³/mol. The first kappa shape index (κ1) is 16.9. The number of carboxylic acids is 1. The van der Waals surface area contributed by atoms with Crippen molar-refractivity contribution in [2.24, 2.45) is 0 Å². The monoisotopic (exact) mass is 335 g/mol. The standard InChI is InChI=1S/C15H17N3O4S/c1-4-5-18-14(16-17-15(18)23-9-13(19)20)10-6-11(21-2)8-12(7-10)22-3/h4,6-8H,1,5,9H2,2-3H3,(H,19,20). The number of carbonyl (C=O) groups is 1. The van der Waals surface area contributed by atoms with Gasteiger partial charge in [0.2, 0.25) is 0 Å². The Bertz CT molecular complexity index is 692. The maximum Gasteiger partial charge on any atom is 0.313 e. The minimum Gasteiger partial charge on any atom is -0.497 e. The molecule has 0 radical (unpaired) electrons. The molecule has 0 bridgehead atoms. The fourth-order valence-electron chi connectivity index (χ4n) is 1.97. The lowest BCUT2D eigenvalue weighted by atomic mass is 10.2. The van der Waals surface area contributed by atoms with E-state index in [1.807, 2.05) is 12.1 Å². The van der Waals surface area contributed by atoms with E-state index in [0.29, 0.717) is 29.0 Å². The van der Waals surface area contributed by atoms with Gasteiger partial charge in [-0.15, -0.1) is 16.8 Å². The summed E-state index contributed by atoms with van der Waals surface area (Å²) in [5, 5.41) is 17.6. The number of rotatable bonds is 8. The first-order valence-corrected chi connectivity index (χ1v) is 7.69. The van der Waals surface area contributed by atoms with Crippen LogP contribution in [0.15, 0.2) is 36.0 Å². The molecule has 0 spiro atoms. The van der Waals surface area contributed by atoms with Crippen molar-refractivity contribution in [2.75, 3.05) is 20.0 Å². The SMILES string of the molecule is C=CCn1c(SCC(=O)O)nnc1-c1cc(OC)cc(OC)c1. The molecule has 23 heavy (non-hydrogen) atoms. The van der Waals surface area contributed by atoms with Crippen molar-refractivity contribution in [2.45, 2.75) is 11.7 Å². The summed E-state index contributed by atoms with van der Waals surface area (Å²) < 4.78 is 12.3. The number of hydrogen-bond acceptors (Lipinski definition) is 6. The van der Waals surface area contributed by atoms with E-state index in [-0.39, 0.29) is 5.75 Å². The highest BCUT2D eigenvalue weighted by atomic mass is 32.2. The Hall–Kier alpha value is -2.48. The van der Waals surface area contributed by atoms with Gasteiger partial charge in [0.25, 0.3) is 0 Å². The fourth-order valence-corrected chi connectivity index (χ4v) is 2.63. The molecule has 7 nitrogen and oxygen atoms in total. The van der Waals surface area contributed by atoms with Crippen molar-refractivity contribution in [3.05, 3.63) is 30.9 Å². The minimum atomic E-state index is -0.909. The number of ether oxygens (including phenoxy) is 2. The third-order valence-corrected chi connectivity index (χ3v) is 3.91. The molecule has 0 aliphatic carbocycles. The number of carboxylic acid groups (broad SMARTS) is 1. The van der Waals surface area contributed by atoms with E-state index >= 15 is 0 Å². The van der Waals surface area contributed by atoms with Crippen LogP contribution in [0, 0.1) is 0 Å². The van der Waals surface area contributed by atoms with Crippen LogP contribution in [0.5, 0.6) is 11.5 Å². The van der Waals surface area contributed by atoms with Gasteiger partial charge in [-0.3, -0.25) is 9.36 Å². The highest BCUT2D eigenvalue weighted by Gasteiger charge is 2.16. The average Bonchev–Trinajstić information content (AvgIpc) is 2.95. The molecule has 0 unspecified atom stereocenters. The van der Waals surface area contributed by atoms with Gasteiger partial charge in [-0.25, -0.2) is 0 Å². The topological polar surface area (TPSA) is 86.5 Å². The number of nitrogens with zero attached hydrogens (tertiary/aromatic N) is 3. The Morgan fingerprint density at radius 1 is 1.30 bits per heavy atom. The van der Waals surface area contributed by atoms with Crippen LogP contribution in [0.2, 0.25) is 0 Å². The van der Waals surface area contributed by atoms with Crippen molar-refractivity contribution < 1.29 is 19.4 Å². The van der Waals surface area contributed by atoms with Gasteiger partial charge in [0.05, 0.1) is 20.0 Å². The second-order valence-corrected chi connectivity index (χ2v) is 5.43. The van der Waals surface area contributed by atoms with Crippen LogP contribution in [0.3, 0.4) is 0 Å². The average molecular weight is 335 g/mol. The van der Waals surface area contributed by atoms with E-state index in [1.165, 1.54) is 0 Å². The van der Waals surface area contributed by atoms with Crippen molar-refractivity contribution in [3.63, 3.8) is 0 Å². The van der Waals surface area contributed by atoms with E-state index in [9.17, 15) is 4.79 Å². The molecule has 0 fully saturated rings. The third-order valence-electron chi connectivity index (χ3n) is 2.96. The number of benzene rings is 1. The van der Waals surface area contributed by atoms with Crippen LogP contribution in [0.25, 0.3) is 11.4 Å². The quantitative estimate of drug-likeness (QED) is 0.585. The normalized spacial score (nSPS) is 10.3. The molecule has 0 aliphatic rings. The molecule has 0 saturated heterocycles. The van der Waals surface area contributed by atoms with Gasteiger partial charge in [-0.2, -0.15) is 0 Å². The molecule has 1 N–H and O–H groups in total. The van der Waals surface area contributed by atoms with Crippen molar-refractivity contribution in [3.8, 4) is 22.9 Å². The number of hydrogen-bond donors (Lipinski definition) is 1. The lowest BCUT2D eigenvalue weighted by molar-refractivity contribution is -0.133. The molecule has 1 heterocycles. The summed E-state index contributed by atoms with van der Waals surface area (Å²) in [6.07, 6.45) is 1.70. The molecule has 8 heteroatoms. The zero-order valence-electron chi connectivity index (χ0n) is 12.9. The van der Waals surface area contributed by atoms with Crippen LogP contribution < -0.4 is 9.47 Å². The predicted octanol–water partition coefficient (Wildman–Crippen LogP) is 2.33. The molecule has 0 aliphatic heterocycles. The van der Waals surface area contributed by atoms with E-state index in [0.717, 1.165) is 17.3 Å². The lowest BCUT2D eigenvalue weighted by Crippen LogP contribution is -2.04. The Morgan fingerprint density at radius 3 is 2.48 bits per heavy atom. The summed E-state index contributed by atoms with van der Waals surface area (Å²) in [6.45, 7) is 4.18. The molecule has 2 aromatic rings. The molecule has 0 atom stereocenters. The van der Waals surface area contributed by atoms with E-state index in [4.69, 9.17) is 14.6 Å². The van der Waals surface area contributed by atoms with Gasteiger partial charge in [-0.05, 0) is 12.1 Å². The minimum absolute atomic E-state index is 0.0866. The summed E-state index contributed by atoms with van der Waals surface area (Å²) in [4.78, 5) is 10.8. The smallest absolute Gasteiger partial charge is 0.313 e. The number of methoxy groups -OCH3 is 2. The van der Waals surface area contributed by atoms with Gasteiger partial charge >= 0.3 is 5.97 Å². The van der Waals surface area contributed by atoms with Crippen molar-refractivity contribution in [1.82, 2.24) is 14.8 Å². The maximum absolute atomic E-state index is 10.8.